The maximum Gasteiger partial charge on any atom is 0.345 e. The van der Waals surface area contributed by atoms with E-state index in [9.17, 15) is 4.79 Å². The zero-order valence-electron chi connectivity index (χ0n) is 9.29. The van der Waals surface area contributed by atoms with Crippen LogP contribution in [-0.4, -0.2) is 11.1 Å². The van der Waals surface area contributed by atoms with Gasteiger partial charge in [-0.15, -0.1) is 23.1 Å². The predicted octanol–water partition coefficient (Wildman–Crippen LogP) is 3.61. The van der Waals surface area contributed by atoms with Crippen molar-refractivity contribution in [3.8, 4) is 6.07 Å². The van der Waals surface area contributed by atoms with E-state index in [4.69, 9.17) is 10.4 Å². The summed E-state index contributed by atoms with van der Waals surface area (Å²) < 4.78 is 0. The highest BCUT2D eigenvalue weighted by atomic mass is 32.2. The van der Waals surface area contributed by atoms with Gasteiger partial charge in [0.25, 0.3) is 0 Å². The first-order valence-corrected chi connectivity index (χ1v) is 7.00. The quantitative estimate of drug-likeness (QED) is 0.866. The number of thiophene rings is 1. The summed E-state index contributed by atoms with van der Waals surface area (Å²) in [6, 6.07) is 11.2. The van der Waals surface area contributed by atoms with Crippen molar-refractivity contribution in [1.29, 1.82) is 5.26 Å². The van der Waals surface area contributed by atoms with Gasteiger partial charge in [-0.1, -0.05) is 18.2 Å². The second-order valence-electron chi connectivity index (χ2n) is 3.51. The van der Waals surface area contributed by atoms with Crippen molar-refractivity contribution in [2.24, 2.45) is 0 Å². The first kappa shape index (κ1) is 12.7. The Labute approximate surface area is 113 Å². The highest BCUT2D eigenvalue weighted by Gasteiger charge is 2.08. The van der Waals surface area contributed by atoms with Crippen LogP contribution >= 0.6 is 23.1 Å². The minimum atomic E-state index is -0.899. The zero-order valence-corrected chi connectivity index (χ0v) is 10.9. The molecule has 5 heteroatoms. The molecule has 0 spiro atoms. The summed E-state index contributed by atoms with van der Waals surface area (Å²) in [4.78, 5) is 12.0. The molecule has 2 rings (SSSR count). The average molecular weight is 275 g/mol. The van der Waals surface area contributed by atoms with Crippen LogP contribution in [0.4, 0.5) is 0 Å². The lowest BCUT2D eigenvalue weighted by atomic mass is 10.1. The molecule has 1 aromatic heterocycles. The summed E-state index contributed by atoms with van der Waals surface area (Å²) in [5, 5.41) is 19.6. The number of carbonyl (C=O) groups is 1. The molecule has 0 aliphatic heterocycles. The van der Waals surface area contributed by atoms with Gasteiger partial charge in [-0.25, -0.2) is 4.79 Å². The monoisotopic (exact) mass is 275 g/mol. The van der Waals surface area contributed by atoms with Gasteiger partial charge in [0.15, 0.2) is 0 Å². The second-order valence-corrected chi connectivity index (χ2v) is 5.47. The van der Waals surface area contributed by atoms with Gasteiger partial charge in [0.05, 0.1) is 11.6 Å². The van der Waals surface area contributed by atoms with Gasteiger partial charge in [0.1, 0.15) is 4.88 Å². The summed E-state index contributed by atoms with van der Waals surface area (Å²) in [6.45, 7) is 0. The third-order valence-electron chi connectivity index (χ3n) is 2.32. The van der Waals surface area contributed by atoms with E-state index in [-0.39, 0.29) is 0 Å². The molecule has 0 saturated heterocycles. The molecule has 2 aromatic rings. The molecule has 0 atom stereocenters. The number of carboxylic acid groups (broad SMARTS) is 1. The minimum absolute atomic E-state index is 0.339. The topological polar surface area (TPSA) is 61.1 Å². The molecule has 1 aromatic carbocycles. The van der Waals surface area contributed by atoms with Crippen molar-refractivity contribution in [3.63, 3.8) is 0 Å². The number of hydrogen-bond acceptors (Lipinski definition) is 4. The van der Waals surface area contributed by atoms with Crippen molar-refractivity contribution in [1.82, 2.24) is 0 Å². The van der Waals surface area contributed by atoms with Gasteiger partial charge in [0, 0.05) is 16.0 Å². The number of nitrogens with zero attached hydrogens (tertiary/aromatic N) is 1. The fraction of sp³-hybridized carbons (Fsp3) is 0.0769. The van der Waals surface area contributed by atoms with Crippen molar-refractivity contribution in [2.45, 2.75) is 10.6 Å². The molecule has 1 N–H and O–H groups in total. The molecule has 0 fully saturated rings. The Kier molecular flexibility index (Phi) is 4.03. The molecule has 90 valence electrons. The van der Waals surface area contributed by atoms with Crippen LogP contribution in [0, 0.1) is 11.3 Å². The molecular formula is C13H9NO2S2. The lowest BCUT2D eigenvalue weighted by molar-refractivity contribution is 0.0702. The number of rotatable bonds is 4. The van der Waals surface area contributed by atoms with E-state index in [1.165, 1.54) is 23.1 Å². The summed E-state index contributed by atoms with van der Waals surface area (Å²) in [5.41, 5.74) is 1.63. The number of nitriles is 1. The van der Waals surface area contributed by atoms with Gasteiger partial charge in [-0.3, -0.25) is 0 Å². The lowest BCUT2D eigenvalue weighted by Gasteiger charge is -2.01. The van der Waals surface area contributed by atoms with Gasteiger partial charge < -0.3 is 5.11 Å². The van der Waals surface area contributed by atoms with Crippen LogP contribution in [0.15, 0.2) is 40.6 Å². The van der Waals surface area contributed by atoms with E-state index in [1.807, 2.05) is 23.6 Å². The Bertz CT molecular complexity index is 613. The Hall–Kier alpha value is -1.77. The molecule has 0 amide bonds. The molecule has 0 saturated carbocycles. The molecule has 1 heterocycles. The Morgan fingerprint density at radius 2 is 2.22 bits per heavy atom. The lowest BCUT2D eigenvalue weighted by Crippen LogP contribution is -1.90. The molecular weight excluding hydrogens is 266 g/mol. The van der Waals surface area contributed by atoms with Crippen LogP contribution in [0.25, 0.3) is 0 Å². The molecule has 0 aliphatic carbocycles. The van der Waals surface area contributed by atoms with E-state index < -0.39 is 5.97 Å². The number of hydrogen-bond donors (Lipinski definition) is 1. The first-order chi connectivity index (χ1) is 8.70. The SMILES string of the molecule is N#Cc1ccccc1CSc1csc(C(=O)O)c1. The molecule has 18 heavy (non-hydrogen) atoms. The van der Waals surface area contributed by atoms with Crippen LogP contribution in [-0.2, 0) is 5.75 Å². The van der Waals surface area contributed by atoms with Crippen LogP contribution in [0.3, 0.4) is 0 Å². The van der Waals surface area contributed by atoms with Crippen molar-refractivity contribution in [2.75, 3.05) is 0 Å². The van der Waals surface area contributed by atoms with Crippen molar-refractivity contribution >= 4 is 29.1 Å². The average Bonchev–Trinajstić information content (AvgIpc) is 2.85. The van der Waals surface area contributed by atoms with Crippen LogP contribution in [0.5, 0.6) is 0 Å². The van der Waals surface area contributed by atoms with E-state index in [1.54, 1.807) is 12.1 Å². The second kappa shape index (κ2) is 5.71. The third-order valence-corrected chi connectivity index (χ3v) is 4.41. The van der Waals surface area contributed by atoms with Crippen LogP contribution in [0.2, 0.25) is 0 Å². The number of thioether (sulfide) groups is 1. The van der Waals surface area contributed by atoms with E-state index in [2.05, 4.69) is 6.07 Å². The highest BCUT2D eigenvalue weighted by molar-refractivity contribution is 7.98. The van der Waals surface area contributed by atoms with Gasteiger partial charge in [0.2, 0.25) is 0 Å². The normalized spacial score (nSPS) is 9.94. The molecule has 3 nitrogen and oxygen atoms in total. The Morgan fingerprint density at radius 3 is 2.89 bits per heavy atom. The largest absolute Gasteiger partial charge is 0.477 e. The number of aromatic carboxylic acids is 1. The van der Waals surface area contributed by atoms with E-state index in [0.717, 1.165) is 10.5 Å². The summed E-state index contributed by atoms with van der Waals surface area (Å²) >= 11 is 2.75. The molecule has 0 aliphatic rings. The zero-order chi connectivity index (χ0) is 13.0. The first-order valence-electron chi connectivity index (χ1n) is 5.13. The third kappa shape index (κ3) is 2.92. The van der Waals surface area contributed by atoms with Crippen LogP contribution < -0.4 is 0 Å². The van der Waals surface area contributed by atoms with E-state index >= 15 is 0 Å². The minimum Gasteiger partial charge on any atom is -0.477 e. The summed E-state index contributed by atoms with van der Waals surface area (Å²) in [7, 11) is 0. The summed E-state index contributed by atoms with van der Waals surface area (Å²) in [5.74, 6) is -0.233. The maximum atomic E-state index is 10.7. The number of benzene rings is 1. The van der Waals surface area contributed by atoms with E-state index in [0.29, 0.717) is 16.2 Å². The van der Waals surface area contributed by atoms with Gasteiger partial charge in [-0.05, 0) is 17.7 Å². The molecule has 0 radical (unpaired) electrons. The summed E-state index contributed by atoms with van der Waals surface area (Å²) in [6.07, 6.45) is 0. The molecule has 0 unspecified atom stereocenters. The van der Waals surface area contributed by atoms with Gasteiger partial charge >= 0.3 is 5.97 Å². The fourth-order valence-corrected chi connectivity index (χ4v) is 3.30. The van der Waals surface area contributed by atoms with Crippen molar-refractivity contribution < 1.29 is 9.90 Å². The molecule has 0 bridgehead atoms. The van der Waals surface area contributed by atoms with Crippen molar-refractivity contribution in [3.05, 3.63) is 51.7 Å². The predicted molar refractivity (Wildman–Crippen MR) is 72.0 cm³/mol. The standard InChI is InChI=1S/C13H9NO2S2/c14-6-9-3-1-2-4-10(9)7-17-11-5-12(13(15)16)18-8-11/h1-5,8H,7H2,(H,15,16). The van der Waals surface area contributed by atoms with Gasteiger partial charge in [-0.2, -0.15) is 5.26 Å². The Morgan fingerprint density at radius 1 is 1.44 bits per heavy atom. The highest BCUT2D eigenvalue weighted by Crippen LogP contribution is 2.28. The van der Waals surface area contributed by atoms with Crippen LogP contribution in [0.1, 0.15) is 20.8 Å². The Balaban J connectivity index is 2.07. The fourth-order valence-electron chi connectivity index (χ4n) is 1.42. The number of carboxylic acids is 1. The smallest absolute Gasteiger partial charge is 0.345 e. The maximum absolute atomic E-state index is 10.7.